The lowest BCUT2D eigenvalue weighted by Crippen LogP contribution is -1.93. The van der Waals surface area contributed by atoms with Gasteiger partial charge >= 0.3 is 0 Å². The van der Waals surface area contributed by atoms with E-state index < -0.39 is 0 Å². The Morgan fingerprint density at radius 2 is 1.11 bits per heavy atom. The van der Waals surface area contributed by atoms with Crippen molar-refractivity contribution in [1.82, 2.24) is 4.57 Å². The van der Waals surface area contributed by atoms with Crippen LogP contribution in [0.2, 0.25) is 0 Å². The Balaban J connectivity index is 1.33. The monoisotopic (exact) mass is 537 g/mol. The number of hydrogen-bond acceptors (Lipinski definition) is 3. The number of benzene rings is 5. The summed E-state index contributed by atoms with van der Waals surface area (Å²) in [6.45, 7) is 0. The van der Waals surface area contributed by atoms with Crippen LogP contribution in [0.25, 0.3) is 77.6 Å². The van der Waals surface area contributed by atoms with Crippen LogP contribution in [0.5, 0.6) is 0 Å². The Morgan fingerprint density at radius 3 is 1.95 bits per heavy atom. The van der Waals surface area contributed by atoms with Gasteiger partial charge in [-0.05, 0) is 53.6 Å². The summed E-state index contributed by atoms with van der Waals surface area (Å²) in [5.74, 6) is 0. The molecule has 0 atom stereocenters. The fourth-order valence-electron chi connectivity index (χ4n) is 5.91. The van der Waals surface area contributed by atoms with Gasteiger partial charge in [-0.2, -0.15) is 0 Å². The molecule has 0 radical (unpaired) electrons. The number of nitrogens with zero attached hydrogens (tertiary/aromatic N) is 1. The molecule has 4 aromatic heterocycles. The van der Waals surface area contributed by atoms with Gasteiger partial charge in [0.1, 0.15) is 4.83 Å². The van der Waals surface area contributed by atoms with E-state index in [-0.39, 0.29) is 0 Å². The molecule has 0 saturated carbocycles. The normalized spacial score (nSPS) is 12.2. The molecule has 178 valence electrons. The Kier molecular flexibility index (Phi) is 4.30. The first-order valence-electron chi connectivity index (χ1n) is 12.7. The molecule has 5 aromatic carbocycles. The van der Waals surface area contributed by atoms with Crippen LogP contribution in [0.3, 0.4) is 0 Å². The summed E-state index contributed by atoms with van der Waals surface area (Å²) < 4.78 is 9.27. The van der Waals surface area contributed by atoms with Crippen molar-refractivity contribution < 1.29 is 0 Å². The van der Waals surface area contributed by atoms with E-state index in [4.69, 9.17) is 0 Å². The van der Waals surface area contributed by atoms with Crippen LogP contribution < -0.4 is 0 Å². The first-order valence-corrected chi connectivity index (χ1v) is 15.1. The minimum atomic E-state index is 1.22. The maximum absolute atomic E-state index is 2.51. The number of fused-ring (bicyclic) bond motifs is 10. The molecule has 1 nitrogen and oxygen atoms in total. The average molecular weight is 538 g/mol. The van der Waals surface area contributed by atoms with Gasteiger partial charge in [0.05, 0.1) is 10.2 Å². The second-order valence-corrected chi connectivity index (χ2v) is 12.9. The van der Waals surface area contributed by atoms with Crippen LogP contribution in [0.4, 0.5) is 0 Å². The van der Waals surface area contributed by atoms with Gasteiger partial charge in [-0.1, -0.05) is 72.8 Å². The second kappa shape index (κ2) is 7.78. The number of aromatic nitrogens is 1. The smallest absolute Gasteiger partial charge is 0.110 e. The minimum absolute atomic E-state index is 1.22. The molecule has 4 heterocycles. The molecule has 0 aliphatic carbocycles. The van der Waals surface area contributed by atoms with E-state index in [2.05, 4.69) is 120 Å². The molecular formula is C34H19NS3. The molecule has 0 fully saturated rings. The van der Waals surface area contributed by atoms with E-state index in [9.17, 15) is 0 Å². The van der Waals surface area contributed by atoms with Gasteiger partial charge in [-0.25, -0.2) is 0 Å². The van der Waals surface area contributed by atoms with Crippen molar-refractivity contribution in [2.75, 3.05) is 0 Å². The fourth-order valence-corrected chi connectivity index (χ4v) is 9.55. The van der Waals surface area contributed by atoms with Crippen LogP contribution in [0.15, 0.2) is 115 Å². The number of rotatable bonds is 2. The molecule has 0 saturated heterocycles. The van der Waals surface area contributed by atoms with Crippen molar-refractivity contribution >= 4 is 94.8 Å². The van der Waals surface area contributed by atoms with E-state index in [1.165, 1.54) is 77.6 Å². The first-order chi connectivity index (χ1) is 18.8. The molecule has 0 bridgehead atoms. The van der Waals surface area contributed by atoms with Gasteiger partial charge in [0, 0.05) is 51.4 Å². The highest BCUT2D eigenvalue weighted by molar-refractivity contribution is 7.30. The standard InChI is InChI=1S/C34H19NS3/c1-4-13-27-23(10-1)26-19-21(16-17-30(26)36-27)20-8-7-9-22(18-20)35-32-25-12-3-6-15-29(25)37-33(32)31-24-11-2-5-14-28(24)38-34(31)35/h1-19H. The van der Waals surface area contributed by atoms with E-state index in [1.807, 2.05) is 34.0 Å². The van der Waals surface area contributed by atoms with Gasteiger partial charge in [-0.3, -0.25) is 4.57 Å². The Hall–Kier alpha value is -3.96. The lowest BCUT2D eigenvalue weighted by molar-refractivity contribution is 1.20. The average Bonchev–Trinajstić information content (AvgIpc) is 3.70. The summed E-state index contributed by atoms with van der Waals surface area (Å²) in [7, 11) is 0. The van der Waals surface area contributed by atoms with Gasteiger partial charge in [0.15, 0.2) is 0 Å². The summed E-state index contributed by atoms with van der Waals surface area (Å²) in [5, 5.41) is 6.76. The zero-order valence-electron chi connectivity index (χ0n) is 20.1. The minimum Gasteiger partial charge on any atom is -0.299 e. The Morgan fingerprint density at radius 1 is 0.447 bits per heavy atom. The van der Waals surface area contributed by atoms with E-state index in [1.54, 1.807) is 0 Å². The molecule has 0 aliphatic heterocycles. The largest absolute Gasteiger partial charge is 0.299 e. The lowest BCUT2D eigenvalue weighted by atomic mass is 10.0. The third-order valence-electron chi connectivity index (χ3n) is 7.61. The Bertz CT molecular complexity index is 2360. The first kappa shape index (κ1) is 21.0. The third kappa shape index (κ3) is 2.85. The maximum Gasteiger partial charge on any atom is 0.110 e. The van der Waals surface area contributed by atoms with Crippen molar-refractivity contribution in [3.05, 3.63) is 115 Å². The van der Waals surface area contributed by atoms with Gasteiger partial charge < -0.3 is 0 Å². The molecule has 0 amide bonds. The number of hydrogen-bond donors (Lipinski definition) is 0. The third-order valence-corrected chi connectivity index (χ3v) is 11.1. The van der Waals surface area contributed by atoms with Crippen LogP contribution in [0, 0.1) is 0 Å². The van der Waals surface area contributed by atoms with Gasteiger partial charge in [-0.15, -0.1) is 34.0 Å². The predicted molar refractivity (Wildman–Crippen MR) is 170 cm³/mol. The van der Waals surface area contributed by atoms with Gasteiger partial charge in [0.2, 0.25) is 0 Å². The van der Waals surface area contributed by atoms with E-state index in [0.29, 0.717) is 0 Å². The molecule has 0 unspecified atom stereocenters. The van der Waals surface area contributed by atoms with Crippen LogP contribution in [-0.4, -0.2) is 4.57 Å². The molecule has 9 aromatic rings. The van der Waals surface area contributed by atoms with Crippen LogP contribution >= 0.6 is 34.0 Å². The molecule has 9 rings (SSSR count). The van der Waals surface area contributed by atoms with Crippen molar-refractivity contribution in [2.45, 2.75) is 0 Å². The van der Waals surface area contributed by atoms with E-state index in [0.717, 1.165) is 0 Å². The van der Waals surface area contributed by atoms with Crippen molar-refractivity contribution in [3.63, 3.8) is 0 Å². The van der Waals surface area contributed by atoms with Crippen molar-refractivity contribution in [3.8, 4) is 16.8 Å². The fraction of sp³-hybridized carbons (Fsp3) is 0. The summed E-state index contributed by atoms with van der Waals surface area (Å²) in [5.41, 5.74) is 5.05. The molecule has 38 heavy (non-hydrogen) atoms. The van der Waals surface area contributed by atoms with E-state index >= 15 is 0 Å². The van der Waals surface area contributed by atoms with Gasteiger partial charge in [0.25, 0.3) is 0 Å². The number of thiophene rings is 3. The molecule has 0 N–H and O–H groups in total. The van der Waals surface area contributed by atoms with Crippen LogP contribution in [0.1, 0.15) is 0 Å². The summed E-state index contributed by atoms with van der Waals surface area (Å²) in [6, 6.07) is 42.4. The highest BCUT2D eigenvalue weighted by atomic mass is 32.1. The molecule has 0 spiro atoms. The van der Waals surface area contributed by atoms with Crippen molar-refractivity contribution in [2.24, 2.45) is 0 Å². The summed E-state index contributed by atoms with van der Waals surface area (Å²) >= 11 is 5.69. The maximum atomic E-state index is 2.51. The summed E-state index contributed by atoms with van der Waals surface area (Å²) in [6.07, 6.45) is 0. The lowest BCUT2D eigenvalue weighted by Gasteiger charge is -2.10. The zero-order chi connectivity index (χ0) is 24.8. The quantitative estimate of drug-likeness (QED) is 0.207. The Labute approximate surface area is 230 Å². The zero-order valence-corrected chi connectivity index (χ0v) is 22.6. The SMILES string of the molecule is c1cc(-c2ccc3sc4ccccc4c3c2)cc(-n2c3sc4ccccc4c3c3sc4ccccc4c32)c1. The predicted octanol–water partition coefficient (Wildman–Crippen LogP) is 11.2. The van der Waals surface area contributed by atoms with Crippen LogP contribution in [-0.2, 0) is 0 Å². The van der Waals surface area contributed by atoms with Crippen molar-refractivity contribution in [1.29, 1.82) is 0 Å². The highest BCUT2D eigenvalue weighted by Crippen LogP contribution is 2.48. The topological polar surface area (TPSA) is 4.93 Å². The second-order valence-electron chi connectivity index (χ2n) is 9.75. The molecule has 0 aliphatic rings. The highest BCUT2D eigenvalue weighted by Gasteiger charge is 2.21. The summed E-state index contributed by atoms with van der Waals surface area (Å²) in [4.78, 5) is 1.33. The molecule has 4 heteroatoms. The molecular weight excluding hydrogens is 519 g/mol.